The van der Waals surface area contributed by atoms with E-state index in [1.165, 1.54) is 49.9 Å². The van der Waals surface area contributed by atoms with Crippen LogP contribution in [0.3, 0.4) is 0 Å². The highest BCUT2D eigenvalue weighted by Crippen LogP contribution is 2.51. The Morgan fingerprint density at radius 3 is 1.88 bits per heavy atom. The minimum absolute atomic E-state index is 0.0106. The van der Waals surface area contributed by atoms with Crippen molar-refractivity contribution in [3.8, 4) is 22.3 Å². The lowest BCUT2D eigenvalue weighted by Gasteiger charge is -2.28. The topological polar surface area (TPSA) is 16.4 Å². The molecule has 0 amide bonds. The predicted molar refractivity (Wildman–Crippen MR) is 209 cm³/mol. The molecule has 0 atom stereocenters. The summed E-state index contributed by atoms with van der Waals surface area (Å²) in [5.74, 6) is 0. The third-order valence-corrected chi connectivity index (χ3v) is 10.6. The highest BCUT2D eigenvalue weighted by atomic mass is 16.3. The smallest absolute Gasteiger partial charge is 0.159 e. The zero-order valence-corrected chi connectivity index (χ0v) is 30.0. The van der Waals surface area contributed by atoms with Crippen LogP contribution >= 0.6 is 0 Å². The third kappa shape index (κ3) is 5.08. The second kappa shape index (κ2) is 11.0. The number of para-hydroxylation sites is 1. The van der Waals surface area contributed by atoms with E-state index in [-0.39, 0.29) is 16.2 Å². The molecule has 1 aliphatic carbocycles. The lowest BCUT2D eigenvalue weighted by atomic mass is 9.79. The first-order valence-corrected chi connectivity index (χ1v) is 17.5. The molecule has 2 nitrogen and oxygen atoms in total. The minimum Gasteiger partial charge on any atom is -0.454 e. The van der Waals surface area contributed by atoms with Crippen molar-refractivity contribution in [1.82, 2.24) is 0 Å². The molecule has 0 N–H and O–H groups in total. The van der Waals surface area contributed by atoms with Gasteiger partial charge in [-0.05, 0) is 86.2 Å². The average molecular weight is 640 g/mol. The number of furan rings is 1. The molecule has 0 spiro atoms. The Bertz CT molecular complexity index is 2360. The van der Waals surface area contributed by atoms with Crippen molar-refractivity contribution < 1.29 is 4.42 Å². The number of rotatable bonds is 4. The summed E-state index contributed by atoms with van der Waals surface area (Å²) in [5.41, 5.74) is 15.3. The largest absolute Gasteiger partial charge is 0.454 e. The highest BCUT2D eigenvalue weighted by Gasteiger charge is 2.36. The summed E-state index contributed by atoms with van der Waals surface area (Å²) in [7, 11) is 0. The molecule has 6 aromatic carbocycles. The molecule has 0 saturated carbocycles. The molecule has 2 heteroatoms. The normalized spacial score (nSPS) is 13.9. The second-order valence-corrected chi connectivity index (χ2v) is 16.3. The first kappa shape index (κ1) is 31.2. The molecular weight excluding hydrogens is 595 g/mol. The van der Waals surface area contributed by atoms with Gasteiger partial charge < -0.3 is 9.32 Å². The molecule has 0 radical (unpaired) electrons. The summed E-state index contributed by atoms with van der Waals surface area (Å²) in [6.07, 6.45) is 0. The van der Waals surface area contributed by atoms with Crippen LogP contribution in [-0.2, 0) is 16.2 Å². The van der Waals surface area contributed by atoms with E-state index in [2.05, 4.69) is 188 Å². The molecule has 0 aliphatic heterocycles. The van der Waals surface area contributed by atoms with Crippen LogP contribution in [0, 0.1) is 0 Å². The molecule has 1 aromatic heterocycles. The van der Waals surface area contributed by atoms with Crippen molar-refractivity contribution in [3.63, 3.8) is 0 Å². The summed E-state index contributed by atoms with van der Waals surface area (Å²) in [4.78, 5) is 2.39. The predicted octanol–water partition coefficient (Wildman–Crippen LogP) is 13.6. The van der Waals surface area contributed by atoms with Crippen molar-refractivity contribution in [1.29, 1.82) is 0 Å². The second-order valence-electron chi connectivity index (χ2n) is 16.3. The van der Waals surface area contributed by atoms with Gasteiger partial charge >= 0.3 is 0 Å². The van der Waals surface area contributed by atoms with Crippen LogP contribution in [0.5, 0.6) is 0 Å². The Hall–Kier alpha value is -5.08. The first-order valence-electron chi connectivity index (χ1n) is 17.5. The highest BCUT2D eigenvalue weighted by molar-refractivity contribution is 6.11. The quantitative estimate of drug-likeness (QED) is 0.191. The fraction of sp³-hybridized carbons (Fsp3) is 0.234. The van der Waals surface area contributed by atoms with Gasteiger partial charge in [0.05, 0.1) is 5.69 Å². The van der Waals surface area contributed by atoms with E-state index in [0.29, 0.717) is 0 Å². The Morgan fingerprint density at radius 2 is 1.16 bits per heavy atom. The zero-order chi connectivity index (χ0) is 34.3. The van der Waals surface area contributed by atoms with Gasteiger partial charge in [-0.1, -0.05) is 146 Å². The molecule has 0 fully saturated rings. The summed E-state index contributed by atoms with van der Waals surface area (Å²) < 4.78 is 7.07. The van der Waals surface area contributed by atoms with Crippen LogP contribution in [0.2, 0.25) is 0 Å². The number of nitrogens with zero attached hydrogens (tertiary/aromatic N) is 1. The zero-order valence-electron chi connectivity index (χ0n) is 30.0. The monoisotopic (exact) mass is 639 g/mol. The molecule has 8 rings (SSSR count). The van der Waals surface area contributed by atoms with Crippen LogP contribution in [0.25, 0.3) is 44.2 Å². The van der Waals surface area contributed by atoms with Crippen molar-refractivity contribution in [2.24, 2.45) is 0 Å². The van der Waals surface area contributed by atoms with Gasteiger partial charge in [0.25, 0.3) is 0 Å². The van der Waals surface area contributed by atoms with Crippen molar-refractivity contribution in [2.75, 3.05) is 4.90 Å². The van der Waals surface area contributed by atoms with E-state index in [9.17, 15) is 0 Å². The number of fused-ring (bicyclic) bond motifs is 6. The molecule has 49 heavy (non-hydrogen) atoms. The lowest BCUT2D eigenvalue weighted by Crippen LogP contribution is -2.16. The van der Waals surface area contributed by atoms with E-state index in [1.54, 1.807) is 0 Å². The molecule has 1 heterocycles. The van der Waals surface area contributed by atoms with Crippen molar-refractivity contribution >= 4 is 39.0 Å². The van der Waals surface area contributed by atoms with E-state index < -0.39 is 0 Å². The summed E-state index contributed by atoms with van der Waals surface area (Å²) in [6, 6.07) is 46.7. The van der Waals surface area contributed by atoms with Crippen LogP contribution in [0.1, 0.15) is 77.6 Å². The molecular formula is C47H45NO. The number of hydrogen-bond donors (Lipinski definition) is 0. The van der Waals surface area contributed by atoms with Crippen molar-refractivity contribution in [2.45, 2.75) is 71.6 Å². The van der Waals surface area contributed by atoms with Gasteiger partial charge in [0.15, 0.2) is 5.58 Å². The molecule has 1 aliphatic rings. The van der Waals surface area contributed by atoms with Gasteiger partial charge in [-0.25, -0.2) is 0 Å². The number of benzene rings is 6. The summed E-state index contributed by atoms with van der Waals surface area (Å²) in [6.45, 7) is 18.4. The van der Waals surface area contributed by atoms with E-state index >= 15 is 0 Å². The lowest BCUT2D eigenvalue weighted by molar-refractivity contribution is 0.559. The van der Waals surface area contributed by atoms with Gasteiger partial charge in [-0.15, -0.1) is 0 Å². The molecule has 0 bridgehead atoms. The van der Waals surface area contributed by atoms with Gasteiger partial charge in [0.2, 0.25) is 0 Å². The Labute approximate surface area is 291 Å². The third-order valence-electron chi connectivity index (χ3n) is 10.6. The number of anilines is 3. The minimum atomic E-state index is -0.110. The van der Waals surface area contributed by atoms with Gasteiger partial charge in [0, 0.05) is 33.1 Å². The molecule has 0 saturated heterocycles. The first-order chi connectivity index (χ1) is 23.3. The maximum atomic E-state index is 7.07. The van der Waals surface area contributed by atoms with Crippen LogP contribution < -0.4 is 4.90 Å². The van der Waals surface area contributed by atoms with Crippen LogP contribution in [0.4, 0.5) is 17.1 Å². The maximum absolute atomic E-state index is 7.07. The van der Waals surface area contributed by atoms with E-state index in [4.69, 9.17) is 4.42 Å². The fourth-order valence-corrected chi connectivity index (χ4v) is 7.74. The van der Waals surface area contributed by atoms with E-state index in [1.807, 2.05) is 0 Å². The van der Waals surface area contributed by atoms with Crippen LogP contribution in [0.15, 0.2) is 132 Å². The average Bonchev–Trinajstić information content (AvgIpc) is 3.57. The SMILES string of the molecule is CC(C)(C)c1cc(C(C)(C)C)c2oc3c(N(c4ccc(-c5ccccc5)cc4)c4ccc5c(c4)C(C)(C)c4ccccc4-5)cccc3c2c1. The van der Waals surface area contributed by atoms with Gasteiger partial charge in [-0.2, -0.15) is 0 Å². The number of hydrogen-bond acceptors (Lipinski definition) is 2. The molecule has 7 aromatic rings. The molecule has 244 valence electrons. The maximum Gasteiger partial charge on any atom is 0.159 e. The van der Waals surface area contributed by atoms with Gasteiger partial charge in [0.1, 0.15) is 5.58 Å². The van der Waals surface area contributed by atoms with Crippen molar-refractivity contribution in [3.05, 3.63) is 150 Å². The summed E-state index contributed by atoms with van der Waals surface area (Å²) in [5, 5.41) is 2.32. The fourth-order valence-electron chi connectivity index (χ4n) is 7.74. The van der Waals surface area contributed by atoms with Crippen LogP contribution in [-0.4, -0.2) is 0 Å². The molecule has 0 unspecified atom stereocenters. The summed E-state index contributed by atoms with van der Waals surface area (Å²) >= 11 is 0. The Kier molecular flexibility index (Phi) is 6.99. The Morgan fingerprint density at radius 1 is 0.510 bits per heavy atom. The van der Waals surface area contributed by atoms with E-state index in [0.717, 1.165) is 33.6 Å². The standard InChI is InChI=1S/C47H45NO/c1-45(2,3)32-27-38-37-18-14-20-42(44(37)49-43(38)41(28-32)46(4,5)6)48(33-23-21-31(22-24-33)30-15-10-9-11-16-30)34-25-26-36-35-17-12-13-19-39(35)47(7,8)40(36)29-34/h9-29H,1-8H3. The van der Waals surface area contributed by atoms with Gasteiger partial charge in [-0.3, -0.25) is 0 Å². The Balaban J connectivity index is 1.38.